The predicted octanol–water partition coefficient (Wildman–Crippen LogP) is 8.54. The second-order valence-electron chi connectivity index (χ2n) is 11.1. The first-order valence-electron chi connectivity index (χ1n) is 14.6. The van der Waals surface area contributed by atoms with Crippen molar-refractivity contribution in [2.24, 2.45) is 0 Å². The van der Waals surface area contributed by atoms with E-state index in [0.717, 1.165) is 0 Å². The molecule has 2 amide bonds. The van der Waals surface area contributed by atoms with Crippen molar-refractivity contribution in [3.05, 3.63) is 108 Å². The molecule has 0 aliphatic carbocycles. The van der Waals surface area contributed by atoms with Crippen LogP contribution in [0.1, 0.15) is 64.5 Å². The molecule has 7 heteroatoms. The lowest BCUT2D eigenvalue weighted by Crippen LogP contribution is -2.30. The zero-order valence-corrected chi connectivity index (χ0v) is 25.6. The number of hydrogen-bond acceptors (Lipinski definition) is 5. The highest BCUT2D eigenvalue weighted by Crippen LogP contribution is 2.26. The van der Waals surface area contributed by atoms with E-state index in [2.05, 4.69) is 38.3 Å². The van der Waals surface area contributed by atoms with Gasteiger partial charge in [-0.15, -0.1) is 0 Å². The topological polar surface area (TPSA) is 85.9 Å². The standard InChI is InChI=1S/C36H40N2O5/c1-23(2)27-7-15-31(16-8-27)41-25(5)35(39)37-29-11-19-33(20-12-29)43-34-21-13-30(14-22-34)38-36(40)26(6)42-32-17-9-28(10-18-32)24(3)4/h7-26H,1-6H3,(H,37,39)(H,38,40). The summed E-state index contributed by atoms with van der Waals surface area (Å²) < 4.78 is 17.5. The second-order valence-corrected chi connectivity index (χ2v) is 11.1. The number of carbonyl (C=O) groups is 2. The van der Waals surface area contributed by atoms with E-state index in [1.807, 2.05) is 48.5 Å². The van der Waals surface area contributed by atoms with Gasteiger partial charge in [-0.25, -0.2) is 0 Å². The van der Waals surface area contributed by atoms with Gasteiger partial charge in [-0.1, -0.05) is 52.0 Å². The predicted molar refractivity (Wildman–Crippen MR) is 171 cm³/mol. The number of nitrogens with one attached hydrogen (secondary N) is 2. The summed E-state index contributed by atoms with van der Waals surface area (Å²) in [4.78, 5) is 25.3. The lowest BCUT2D eigenvalue weighted by atomic mass is 10.0. The van der Waals surface area contributed by atoms with Crippen LogP contribution in [0.2, 0.25) is 0 Å². The molecule has 2 atom stereocenters. The van der Waals surface area contributed by atoms with Crippen LogP contribution in [-0.2, 0) is 9.59 Å². The molecule has 7 nitrogen and oxygen atoms in total. The Morgan fingerprint density at radius 2 is 0.767 bits per heavy atom. The Bertz CT molecular complexity index is 1360. The Morgan fingerprint density at radius 1 is 0.465 bits per heavy atom. The Kier molecular flexibility index (Phi) is 10.4. The molecular weight excluding hydrogens is 540 g/mol. The highest BCUT2D eigenvalue weighted by molar-refractivity contribution is 5.94. The molecule has 224 valence electrons. The number of carbonyl (C=O) groups excluding carboxylic acids is 2. The van der Waals surface area contributed by atoms with Gasteiger partial charge in [-0.3, -0.25) is 9.59 Å². The van der Waals surface area contributed by atoms with E-state index < -0.39 is 12.2 Å². The molecule has 4 aromatic carbocycles. The molecule has 0 aliphatic heterocycles. The largest absolute Gasteiger partial charge is 0.481 e. The minimum atomic E-state index is -0.661. The van der Waals surface area contributed by atoms with Crippen molar-refractivity contribution in [2.45, 2.75) is 65.6 Å². The first-order valence-corrected chi connectivity index (χ1v) is 14.6. The molecule has 0 aliphatic rings. The fraction of sp³-hybridized carbons (Fsp3) is 0.278. The van der Waals surface area contributed by atoms with Gasteiger partial charge in [-0.05, 0) is 110 Å². The van der Waals surface area contributed by atoms with E-state index in [4.69, 9.17) is 14.2 Å². The molecule has 4 aromatic rings. The minimum absolute atomic E-state index is 0.247. The molecule has 0 spiro atoms. The Labute approximate surface area is 254 Å². The molecule has 0 radical (unpaired) electrons. The molecule has 0 aromatic heterocycles. The van der Waals surface area contributed by atoms with E-state index >= 15 is 0 Å². The highest BCUT2D eigenvalue weighted by Gasteiger charge is 2.16. The molecule has 43 heavy (non-hydrogen) atoms. The van der Waals surface area contributed by atoms with Crippen LogP contribution in [0.15, 0.2) is 97.1 Å². The summed E-state index contributed by atoms with van der Waals surface area (Å²) in [6, 6.07) is 29.7. The Hall–Kier alpha value is -4.78. The maximum atomic E-state index is 12.6. The van der Waals surface area contributed by atoms with Crippen LogP contribution in [-0.4, -0.2) is 24.0 Å². The van der Waals surface area contributed by atoms with Crippen molar-refractivity contribution < 1.29 is 23.8 Å². The van der Waals surface area contributed by atoms with Crippen LogP contribution in [0, 0.1) is 0 Å². The van der Waals surface area contributed by atoms with Crippen molar-refractivity contribution in [1.82, 2.24) is 0 Å². The average Bonchev–Trinajstić information content (AvgIpc) is 2.99. The number of anilines is 2. The van der Waals surface area contributed by atoms with Gasteiger partial charge in [0.15, 0.2) is 12.2 Å². The summed E-state index contributed by atoms with van der Waals surface area (Å²) in [6.07, 6.45) is -1.32. The van der Waals surface area contributed by atoms with Crippen LogP contribution >= 0.6 is 0 Å². The molecule has 0 bridgehead atoms. The second kappa shape index (κ2) is 14.4. The average molecular weight is 581 g/mol. The summed E-state index contributed by atoms with van der Waals surface area (Å²) in [5.41, 5.74) is 3.70. The maximum absolute atomic E-state index is 12.6. The zero-order valence-electron chi connectivity index (χ0n) is 25.6. The lowest BCUT2D eigenvalue weighted by Gasteiger charge is -2.16. The summed E-state index contributed by atoms with van der Waals surface area (Å²) in [5, 5.41) is 5.74. The van der Waals surface area contributed by atoms with Gasteiger partial charge in [0.05, 0.1) is 0 Å². The van der Waals surface area contributed by atoms with Gasteiger partial charge in [0.1, 0.15) is 23.0 Å². The molecule has 2 N–H and O–H groups in total. The van der Waals surface area contributed by atoms with Gasteiger partial charge in [-0.2, -0.15) is 0 Å². The number of benzene rings is 4. The van der Waals surface area contributed by atoms with Crippen LogP contribution in [0.4, 0.5) is 11.4 Å². The van der Waals surface area contributed by atoms with Crippen molar-refractivity contribution in [3.8, 4) is 23.0 Å². The van der Waals surface area contributed by atoms with E-state index in [9.17, 15) is 9.59 Å². The van der Waals surface area contributed by atoms with Crippen molar-refractivity contribution >= 4 is 23.2 Å². The quantitative estimate of drug-likeness (QED) is 0.175. The monoisotopic (exact) mass is 580 g/mol. The summed E-state index contributed by atoms with van der Waals surface area (Å²) in [5.74, 6) is 2.88. The molecule has 0 saturated heterocycles. The number of hydrogen-bond donors (Lipinski definition) is 2. The van der Waals surface area contributed by atoms with Crippen molar-refractivity contribution in [3.63, 3.8) is 0 Å². The van der Waals surface area contributed by atoms with E-state index in [1.165, 1.54) is 11.1 Å². The summed E-state index contributed by atoms with van der Waals surface area (Å²) in [6.45, 7) is 12.0. The third-order valence-corrected chi connectivity index (χ3v) is 6.94. The summed E-state index contributed by atoms with van der Waals surface area (Å²) in [7, 11) is 0. The fourth-order valence-corrected chi connectivity index (χ4v) is 4.21. The van der Waals surface area contributed by atoms with E-state index in [1.54, 1.807) is 62.4 Å². The highest BCUT2D eigenvalue weighted by atomic mass is 16.5. The SMILES string of the molecule is CC(Oc1ccc(C(C)C)cc1)C(=O)Nc1ccc(Oc2ccc(NC(=O)C(C)Oc3ccc(C(C)C)cc3)cc2)cc1. The molecule has 0 heterocycles. The van der Waals surface area contributed by atoms with Crippen LogP contribution in [0.3, 0.4) is 0 Å². The molecule has 2 unspecified atom stereocenters. The third-order valence-electron chi connectivity index (χ3n) is 6.94. The first-order chi connectivity index (χ1) is 20.6. The molecule has 0 fully saturated rings. The van der Waals surface area contributed by atoms with Crippen molar-refractivity contribution in [1.29, 1.82) is 0 Å². The van der Waals surface area contributed by atoms with E-state index in [0.29, 0.717) is 46.2 Å². The fourth-order valence-electron chi connectivity index (χ4n) is 4.21. The lowest BCUT2D eigenvalue weighted by molar-refractivity contribution is -0.122. The molecule has 4 rings (SSSR count). The van der Waals surface area contributed by atoms with Crippen LogP contribution in [0.25, 0.3) is 0 Å². The normalized spacial score (nSPS) is 12.4. The molecule has 0 saturated carbocycles. The minimum Gasteiger partial charge on any atom is -0.481 e. The smallest absolute Gasteiger partial charge is 0.265 e. The summed E-state index contributed by atoms with van der Waals surface area (Å²) >= 11 is 0. The van der Waals surface area contributed by atoms with Gasteiger partial charge < -0.3 is 24.8 Å². The Balaban J connectivity index is 1.24. The number of amides is 2. The van der Waals surface area contributed by atoms with Gasteiger partial charge in [0, 0.05) is 11.4 Å². The third kappa shape index (κ3) is 9.10. The van der Waals surface area contributed by atoms with Gasteiger partial charge >= 0.3 is 0 Å². The zero-order chi connectivity index (χ0) is 30.9. The number of rotatable bonds is 12. The maximum Gasteiger partial charge on any atom is 0.265 e. The van der Waals surface area contributed by atoms with Crippen molar-refractivity contribution in [2.75, 3.05) is 10.6 Å². The van der Waals surface area contributed by atoms with Crippen LogP contribution < -0.4 is 24.8 Å². The van der Waals surface area contributed by atoms with Gasteiger partial charge in [0.25, 0.3) is 11.8 Å². The Morgan fingerprint density at radius 3 is 1.07 bits per heavy atom. The van der Waals surface area contributed by atoms with Gasteiger partial charge in [0.2, 0.25) is 0 Å². The first kappa shape index (κ1) is 31.2. The van der Waals surface area contributed by atoms with Crippen LogP contribution in [0.5, 0.6) is 23.0 Å². The van der Waals surface area contributed by atoms with E-state index in [-0.39, 0.29) is 11.8 Å². The number of ether oxygens (including phenoxy) is 3. The molecular formula is C36H40N2O5.